The summed E-state index contributed by atoms with van der Waals surface area (Å²) >= 11 is 12.1. The van der Waals surface area contributed by atoms with E-state index in [0.29, 0.717) is 22.0 Å². The van der Waals surface area contributed by atoms with E-state index in [4.69, 9.17) is 23.2 Å². The first-order valence-electron chi connectivity index (χ1n) is 6.74. The Balaban J connectivity index is 2.15. The second-order valence-corrected chi connectivity index (χ2v) is 6.93. The maximum Gasteiger partial charge on any atom is 0.0441 e. The van der Waals surface area contributed by atoms with Crippen molar-refractivity contribution >= 4 is 28.9 Å². The van der Waals surface area contributed by atoms with Crippen molar-refractivity contribution in [3.05, 3.63) is 28.2 Å². The Labute approximate surface area is 126 Å². The van der Waals surface area contributed by atoms with E-state index < -0.39 is 0 Å². The van der Waals surface area contributed by atoms with E-state index in [1.54, 1.807) is 6.07 Å². The van der Waals surface area contributed by atoms with Gasteiger partial charge < -0.3 is 10.2 Å². The summed E-state index contributed by atoms with van der Waals surface area (Å²) in [4.78, 5) is 2.43. The minimum absolute atomic E-state index is 0.193. The summed E-state index contributed by atoms with van der Waals surface area (Å²) in [6.07, 6.45) is 1.13. The zero-order chi connectivity index (χ0) is 14.2. The quantitative estimate of drug-likeness (QED) is 0.863. The lowest BCUT2D eigenvalue weighted by atomic mass is 9.77. The fourth-order valence-electron chi connectivity index (χ4n) is 2.76. The highest BCUT2D eigenvalue weighted by molar-refractivity contribution is 6.35. The van der Waals surface area contributed by atoms with Gasteiger partial charge >= 0.3 is 0 Å². The molecule has 0 aliphatic carbocycles. The van der Waals surface area contributed by atoms with Gasteiger partial charge in [0.25, 0.3) is 0 Å². The summed E-state index contributed by atoms with van der Waals surface area (Å²) < 4.78 is 0. The van der Waals surface area contributed by atoms with Gasteiger partial charge in [-0.2, -0.15) is 0 Å². The molecule has 1 N–H and O–H groups in total. The fourth-order valence-corrected chi connectivity index (χ4v) is 3.29. The number of benzene rings is 1. The maximum absolute atomic E-state index is 6.05. The van der Waals surface area contributed by atoms with Crippen molar-refractivity contribution in [3.8, 4) is 0 Å². The largest absolute Gasteiger partial charge is 0.382 e. The van der Waals surface area contributed by atoms with E-state index in [0.717, 1.165) is 18.7 Å². The zero-order valence-electron chi connectivity index (χ0n) is 12.0. The second kappa shape index (κ2) is 5.51. The zero-order valence-corrected chi connectivity index (χ0v) is 13.5. The van der Waals surface area contributed by atoms with Gasteiger partial charge in [0, 0.05) is 33.9 Å². The first-order chi connectivity index (χ1) is 8.80. The first kappa shape index (κ1) is 15.0. The van der Waals surface area contributed by atoms with Crippen LogP contribution in [0.25, 0.3) is 0 Å². The highest BCUT2D eigenvalue weighted by Crippen LogP contribution is 2.34. The van der Waals surface area contributed by atoms with Crippen molar-refractivity contribution in [2.75, 3.05) is 18.9 Å². The van der Waals surface area contributed by atoms with E-state index in [9.17, 15) is 0 Å². The lowest BCUT2D eigenvalue weighted by molar-refractivity contribution is 0.0459. The van der Waals surface area contributed by atoms with Gasteiger partial charge in [0.1, 0.15) is 0 Å². The second-order valence-electron chi connectivity index (χ2n) is 6.06. The molecule has 1 heterocycles. The van der Waals surface area contributed by atoms with Crippen LogP contribution in [0.1, 0.15) is 27.2 Å². The molecular weight excluding hydrogens is 279 g/mol. The lowest BCUT2D eigenvalue weighted by Gasteiger charge is -2.49. The van der Waals surface area contributed by atoms with Crippen LogP contribution in [-0.4, -0.2) is 30.1 Å². The Kier molecular flexibility index (Phi) is 4.34. The van der Waals surface area contributed by atoms with Crippen LogP contribution in [0.5, 0.6) is 0 Å². The fraction of sp³-hybridized carbons (Fsp3) is 0.600. The van der Waals surface area contributed by atoms with Crippen LogP contribution in [-0.2, 0) is 0 Å². The molecule has 0 saturated carbocycles. The van der Waals surface area contributed by atoms with Crippen LogP contribution < -0.4 is 5.32 Å². The lowest BCUT2D eigenvalue weighted by Crippen LogP contribution is -2.57. The van der Waals surface area contributed by atoms with Gasteiger partial charge in [0.05, 0.1) is 0 Å². The molecule has 4 heteroatoms. The normalized spacial score (nSPS) is 27.3. The Morgan fingerprint density at radius 3 is 2.37 bits per heavy atom. The third-order valence-electron chi connectivity index (χ3n) is 4.69. The molecule has 0 amide bonds. The van der Waals surface area contributed by atoms with Crippen molar-refractivity contribution in [1.29, 1.82) is 0 Å². The molecule has 0 aromatic heterocycles. The molecule has 0 bridgehead atoms. The van der Waals surface area contributed by atoms with Crippen LogP contribution in [0.3, 0.4) is 0 Å². The Morgan fingerprint density at radius 2 is 1.79 bits per heavy atom. The van der Waals surface area contributed by atoms with E-state index in [2.05, 4.69) is 38.0 Å². The van der Waals surface area contributed by atoms with Crippen molar-refractivity contribution in [3.63, 3.8) is 0 Å². The molecule has 1 aliphatic rings. The molecule has 1 aromatic carbocycles. The highest BCUT2D eigenvalue weighted by Gasteiger charge is 2.39. The maximum atomic E-state index is 6.05. The molecule has 0 spiro atoms. The van der Waals surface area contributed by atoms with Gasteiger partial charge in [-0.15, -0.1) is 0 Å². The molecule has 1 aliphatic heterocycles. The van der Waals surface area contributed by atoms with Gasteiger partial charge in [-0.05, 0) is 51.4 Å². The smallest absolute Gasteiger partial charge is 0.0441 e. The monoisotopic (exact) mass is 300 g/mol. The number of nitrogens with one attached hydrogen (secondary N) is 1. The van der Waals surface area contributed by atoms with Crippen molar-refractivity contribution < 1.29 is 0 Å². The molecule has 2 rings (SSSR count). The van der Waals surface area contributed by atoms with Crippen molar-refractivity contribution in [1.82, 2.24) is 4.90 Å². The van der Waals surface area contributed by atoms with Crippen molar-refractivity contribution in [2.24, 2.45) is 5.92 Å². The predicted octanol–water partition coefficient (Wildman–Crippen LogP) is 4.52. The van der Waals surface area contributed by atoms with Crippen LogP contribution in [0.15, 0.2) is 18.2 Å². The molecule has 1 aromatic rings. The molecule has 1 fully saturated rings. The molecule has 1 saturated heterocycles. The molecule has 19 heavy (non-hydrogen) atoms. The van der Waals surface area contributed by atoms with E-state index in [1.165, 1.54) is 0 Å². The standard InChI is InChI=1S/C15H22Cl2N2/c1-10-14(5-6-19(4)15(10,2)3)18-13-8-11(16)7-12(17)9-13/h7-10,14,18H,5-6H2,1-4H3. The summed E-state index contributed by atoms with van der Waals surface area (Å²) in [6.45, 7) is 8.01. The van der Waals surface area contributed by atoms with Crippen LogP contribution in [0.2, 0.25) is 10.0 Å². The van der Waals surface area contributed by atoms with Crippen LogP contribution in [0, 0.1) is 5.92 Å². The van der Waals surface area contributed by atoms with Crippen molar-refractivity contribution in [2.45, 2.75) is 38.8 Å². The molecule has 2 atom stereocenters. The van der Waals surface area contributed by atoms with Gasteiger partial charge in [-0.25, -0.2) is 0 Å². The van der Waals surface area contributed by atoms with E-state index in [-0.39, 0.29) is 5.54 Å². The number of nitrogens with zero attached hydrogens (tertiary/aromatic N) is 1. The Morgan fingerprint density at radius 1 is 1.21 bits per heavy atom. The molecular formula is C15H22Cl2N2. The molecule has 106 valence electrons. The minimum atomic E-state index is 0.193. The number of hydrogen-bond donors (Lipinski definition) is 1. The van der Waals surface area contributed by atoms with Gasteiger partial charge in [0.15, 0.2) is 0 Å². The van der Waals surface area contributed by atoms with Gasteiger partial charge in [0.2, 0.25) is 0 Å². The van der Waals surface area contributed by atoms with Crippen LogP contribution in [0.4, 0.5) is 5.69 Å². The Hall–Kier alpha value is -0.440. The topological polar surface area (TPSA) is 15.3 Å². The summed E-state index contributed by atoms with van der Waals surface area (Å²) in [5.41, 5.74) is 1.20. The molecule has 2 unspecified atom stereocenters. The number of likely N-dealkylation sites (tertiary alicyclic amines) is 1. The SMILES string of the molecule is CC1C(Nc2cc(Cl)cc(Cl)c2)CCN(C)C1(C)C. The summed E-state index contributed by atoms with van der Waals surface area (Å²) in [5, 5.41) is 4.94. The minimum Gasteiger partial charge on any atom is -0.382 e. The summed E-state index contributed by atoms with van der Waals surface area (Å²) in [7, 11) is 2.20. The van der Waals surface area contributed by atoms with Crippen LogP contribution >= 0.6 is 23.2 Å². The highest BCUT2D eigenvalue weighted by atomic mass is 35.5. The summed E-state index contributed by atoms with van der Waals surface area (Å²) in [5.74, 6) is 0.545. The van der Waals surface area contributed by atoms with Gasteiger partial charge in [-0.1, -0.05) is 30.1 Å². The van der Waals surface area contributed by atoms with E-state index in [1.807, 2.05) is 12.1 Å². The summed E-state index contributed by atoms with van der Waals surface area (Å²) in [6, 6.07) is 6.08. The number of piperidine rings is 1. The number of hydrogen-bond acceptors (Lipinski definition) is 2. The molecule has 2 nitrogen and oxygen atoms in total. The number of rotatable bonds is 2. The third kappa shape index (κ3) is 3.18. The van der Waals surface area contributed by atoms with Gasteiger partial charge in [-0.3, -0.25) is 0 Å². The predicted molar refractivity (Wildman–Crippen MR) is 84.4 cm³/mol. The molecule has 0 radical (unpaired) electrons. The average Bonchev–Trinajstić information content (AvgIpc) is 2.30. The average molecular weight is 301 g/mol. The number of halogens is 2. The number of anilines is 1. The Bertz CT molecular complexity index is 439. The van der Waals surface area contributed by atoms with E-state index >= 15 is 0 Å². The third-order valence-corrected chi connectivity index (χ3v) is 5.13. The first-order valence-corrected chi connectivity index (χ1v) is 7.50.